The second-order valence-corrected chi connectivity index (χ2v) is 7.56. The highest BCUT2D eigenvalue weighted by atomic mass is 32.1. The van der Waals surface area contributed by atoms with Gasteiger partial charge in [-0.15, -0.1) is 11.3 Å². The predicted octanol–water partition coefficient (Wildman–Crippen LogP) is 6.97. The van der Waals surface area contributed by atoms with Crippen LogP contribution in [0.3, 0.4) is 0 Å². The van der Waals surface area contributed by atoms with Gasteiger partial charge in [-0.3, -0.25) is 0 Å². The Morgan fingerprint density at radius 3 is 2.19 bits per heavy atom. The highest BCUT2D eigenvalue weighted by molar-refractivity contribution is 7.25. The molecular weight excluding hydrogens is 334 g/mol. The number of anilines is 1. The molecule has 0 unspecified atom stereocenters. The highest BCUT2D eigenvalue weighted by Gasteiger charge is 2.11. The number of fused-ring (bicyclic) bond motifs is 3. The zero-order valence-electron chi connectivity index (χ0n) is 14.1. The number of nitrogens with two attached hydrogens (primary N) is 1. The molecule has 1 nitrogen and oxygen atoms in total. The van der Waals surface area contributed by atoms with Crippen molar-refractivity contribution >= 4 is 37.2 Å². The molecule has 0 aliphatic carbocycles. The van der Waals surface area contributed by atoms with Gasteiger partial charge in [0.2, 0.25) is 0 Å². The molecule has 2 N–H and O–H groups in total. The summed E-state index contributed by atoms with van der Waals surface area (Å²) in [5, 5.41) is 2.66. The predicted molar refractivity (Wildman–Crippen MR) is 115 cm³/mol. The molecule has 0 saturated carbocycles. The van der Waals surface area contributed by atoms with E-state index in [0.717, 1.165) is 5.69 Å². The van der Waals surface area contributed by atoms with E-state index in [4.69, 9.17) is 5.73 Å². The molecule has 0 aliphatic rings. The monoisotopic (exact) mass is 351 g/mol. The Labute approximate surface area is 156 Å². The van der Waals surface area contributed by atoms with Gasteiger partial charge in [0.05, 0.1) is 0 Å². The van der Waals surface area contributed by atoms with Crippen molar-refractivity contribution in [3.63, 3.8) is 0 Å². The third-order valence-corrected chi connectivity index (χ3v) is 5.95. The second kappa shape index (κ2) is 6.01. The van der Waals surface area contributed by atoms with Crippen molar-refractivity contribution in [1.29, 1.82) is 0 Å². The SMILES string of the molecule is Nc1ccc(-c2ccc3c(c2)sc2ccccc23)c(-c2ccccc2)c1. The van der Waals surface area contributed by atoms with Crippen LogP contribution in [0.4, 0.5) is 5.69 Å². The molecule has 0 atom stereocenters. The minimum Gasteiger partial charge on any atom is -0.399 e. The van der Waals surface area contributed by atoms with E-state index in [0.29, 0.717) is 0 Å². The quantitative estimate of drug-likeness (QED) is 0.341. The summed E-state index contributed by atoms with van der Waals surface area (Å²) in [4.78, 5) is 0. The van der Waals surface area contributed by atoms with E-state index in [1.807, 2.05) is 23.5 Å². The first-order valence-corrected chi connectivity index (χ1v) is 9.48. The van der Waals surface area contributed by atoms with Gasteiger partial charge < -0.3 is 5.73 Å². The normalized spacial score (nSPS) is 11.2. The molecule has 0 bridgehead atoms. The van der Waals surface area contributed by atoms with Crippen molar-refractivity contribution in [2.75, 3.05) is 5.73 Å². The molecule has 0 fully saturated rings. The molecule has 0 saturated heterocycles. The van der Waals surface area contributed by atoms with Crippen LogP contribution in [0.2, 0.25) is 0 Å². The van der Waals surface area contributed by atoms with Crippen LogP contribution in [0.15, 0.2) is 91.0 Å². The molecule has 0 amide bonds. The Balaban J connectivity index is 1.74. The van der Waals surface area contributed by atoms with Gasteiger partial charge in [0.25, 0.3) is 0 Å². The average molecular weight is 351 g/mol. The summed E-state index contributed by atoms with van der Waals surface area (Å²) in [5.74, 6) is 0. The van der Waals surface area contributed by atoms with Gasteiger partial charge in [-0.25, -0.2) is 0 Å². The lowest BCUT2D eigenvalue weighted by atomic mass is 9.93. The number of rotatable bonds is 2. The minimum atomic E-state index is 0.788. The van der Waals surface area contributed by atoms with Gasteiger partial charge in [0, 0.05) is 25.9 Å². The van der Waals surface area contributed by atoms with Crippen LogP contribution in [-0.4, -0.2) is 0 Å². The Bertz CT molecular complexity index is 1240. The van der Waals surface area contributed by atoms with Crippen LogP contribution in [-0.2, 0) is 0 Å². The first-order valence-electron chi connectivity index (χ1n) is 8.66. The van der Waals surface area contributed by atoms with E-state index in [1.54, 1.807) is 0 Å². The summed E-state index contributed by atoms with van der Waals surface area (Å²) < 4.78 is 2.65. The largest absolute Gasteiger partial charge is 0.399 e. The van der Waals surface area contributed by atoms with Crippen molar-refractivity contribution in [2.45, 2.75) is 0 Å². The zero-order chi connectivity index (χ0) is 17.5. The fraction of sp³-hybridized carbons (Fsp3) is 0. The minimum absolute atomic E-state index is 0.788. The van der Waals surface area contributed by atoms with Crippen LogP contribution < -0.4 is 5.73 Å². The third-order valence-electron chi connectivity index (χ3n) is 4.82. The van der Waals surface area contributed by atoms with Crippen LogP contribution >= 0.6 is 11.3 Å². The summed E-state index contributed by atoms with van der Waals surface area (Å²) >= 11 is 1.85. The van der Waals surface area contributed by atoms with Crippen molar-refractivity contribution in [3.8, 4) is 22.3 Å². The lowest BCUT2D eigenvalue weighted by Crippen LogP contribution is -1.89. The van der Waals surface area contributed by atoms with Gasteiger partial charge >= 0.3 is 0 Å². The van der Waals surface area contributed by atoms with E-state index in [2.05, 4.69) is 78.9 Å². The Morgan fingerprint density at radius 2 is 1.31 bits per heavy atom. The maximum atomic E-state index is 6.09. The van der Waals surface area contributed by atoms with Crippen LogP contribution in [0, 0.1) is 0 Å². The first-order chi connectivity index (χ1) is 12.8. The number of thiophene rings is 1. The number of hydrogen-bond acceptors (Lipinski definition) is 2. The molecule has 1 heterocycles. The van der Waals surface area contributed by atoms with Gasteiger partial charge in [-0.2, -0.15) is 0 Å². The second-order valence-electron chi connectivity index (χ2n) is 6.48. The maximum absolute atomic E-state index is 6.09. The summed E-state index contributed by atoms with van der Waals surface area (Å²) in [6, 6.07) is 32.0. The van der Waals surface area contributed by atoms with Crippen LogP contribution in [0.5, 0.6) is 0 Å². The average Bonchev–Trinajstić information content (AvgIpc) is 3.06. The molecule has 5 rings (SSSR count). The van der Waals surface area contributed by atoms with E-state index in [-0.39, 0.29) is 0 Å². The number of hydrogen-bond donors (Lipinski definition) is 1. The Hall–Kier alpha value is -3.10. The maximum Gasteiger partial charge on any atom is 0.0361 e. The summed E-state index contributed by atoms with van der Waals surface area (Å²) in [5.41, 5.74) is 11.7. The molecule has 0 spiro atoms. The van der Waals surface area contributed by atoms with Gasteiger partial charge in [-0.05, 0) is 46.5 Å². The summed E-state index contributed by atoms with van der Waals surface area (Å²) in [7, 11) is 0. The summed E-state index contributed by atoms with van der Waals surface area (Å²) in [6.07, 6.45) is 0. The molecule has 4 aromatic carbocycles. The van der Waals surface area contributed by atoms with Gasteiger partial charge in [0.15, 0.2) is 0 Å². The molecule has 5 aromatic rings. The molecule has 26 heavy (non-hydrogen) atoms. The van der Waals surface area contributed by atoms with Crippen LogP contribution in [0.25, 0.3) is 42.4 Å². The molecule has 0 aliphatic heterocycles. The fourth-order valence-corrected chi connectivity index (χ4v) is 4.71. The van der Waals surface area contributed by atoms with Crippen molar-refractivity contribution in [3.05, 3.63) is 91.0 Å². The highest BCUT2D eigenvalue weighted by Crippen LogP contribution is 2.39. The lowest BCUT2D eigenvalue weighted by molar-refractivity contribution is 1.59. The van der Waals surface area contributed by atoms with E-state index in [9.17, 15) is 0 Å². The molecule has 1 aromatic heterocycles. The van der Waals surface area contributed by atoms with E-state index < -0.39 is 0 Å². The third kappa shape index (κ3) is 2.47. The number of nitrogen functional groups attached to an aromatic ring is 1. The lowest BCUT2D eigenvalue weighted by Gasteiger charge is -2.11. The van der Waals surface area contributed by atoms with Crippen LogP contribution in [0.1, 0.15) is 0 Å². The molecule has 0 radical (unpaired) electrons. The molecule has 124 valence electrons. The van der Waals surface area contributed by atoms with E-state index >= 15 is 0 Å². The van der Waals surface area contributed by atoms with Gasteiger partial charge in [0.1, 0.15) is 0 Å². The fourth-order valence-electron chi connectivity index (χ4n) is 3.56. The standard InChI is InChI=1S/C24H17NS/c25-18-11-13-19(22(15-18)16-6-2-1-3-7-16)17-10-12-21-20-8-4-5-9-23(20)26-24(21)14-17/h1-15H,25H2. The Kier molecular flexibility index (Phi) is 3.51. The smallest absolute Gasteiger partial charge is 0.0361 e. The molecule has 2 heteroatoms. The van der Waals surface area contributed by atoms with E-state index in [1.165, 1.54) is 42.4 Å². The van der Waals surface area contributed by atoms with Crippen molar-refractivity contribution in [1.82, 2.24) is 0 Å². The van der Waals surface area contributed by atoms with Crippen molar-refractivity contribution < 1.29 is 0 Å². The summed E-state index contributed by atoms with van der Waals surface area (Å²) in [6.45, 7) is 0. The molecular formula is C24H17NS. The zero-order valence-corrected chi connectivity index (χ0v) is 15.0. The topological polar surface area (TPSA) is 26.0 Å². The van der Waals surface area contributed by atoms with Crippen molar-refractivity contribution in [2.24, 2.45) is 0 Å². The van der Waals surface area contributed by atoms with Gasteiger partial charge in [-0.1, -0.05) is 66.7 Å². The first kappa shape index (κ1) is 15.2. The number of benzene rings is 4. The Morgan fingerprint density at radius 1 is 0.538 bits per heavy atom.